The summed E-state index contributed by atoms with van der Waals surface area (Å²) in [4.78, 5) is 30.8. The topological polar surface area (TPSA) is 115 Å². The van der Waals surface area contributed by atoms with Crippen LogP contribution in [0, 0.1) is 24.2 Å². The molecule has 1 aromatic heterocycles. The van der Waals surface area contributed by atoms with Crippen molar-refractivity contribution in [1.82, 2.24) is 4.98 Å². The van der Waals surface area contributed by atoms with E-state index in [0.29, 0.717) is 5.57 Å². The lowest BCUT2D eigenvalue weighted by Gasteiger charge is -2.46. The van der Waals surface area contributed by atoms with Crippen molar-refractivity contribution in [1.29, 1.82) is 0 Å². The number of aryl methyl sites for hydroxylation is 1. The van der Waals surface area contributed by atoms with Crippen molar-refractivity contribution in [2.45, 2.75) is 151 Å². The van der Waals surface area contributed by atoms with Gasteiger partial charge in [0, 0.05) is 22.6 Å². The summed E-state index contributed by atoms with van der Waals surface area (Å²) in [7, 11) is -4.81. The minimum Gasteiger partial charge on any atom is -0.481 e. The standard InChI is InChI=1S/C37H66FNO7SSi2/c1-24(19-29-23-47-27(4)39-29)30(40)18-17-28(38)22-44-21-25(2)33(46-49(15,16)36(8,9)10)26(3)34(43)37(11,12)31(20-32(41)42)45-48(13,14)35(5,6)7/h17,19,23,25-26,30-31,33,40H,18,20-22H2,1-16H3,(H,41,42)/b24-19+,28-17+/t25-,26+,30?,31-,33-/m0/s1. The maximum absolute atomic E-state index is 14.8. The molecule has 0 aliphatic heterocycles. The Morgan fingerprint density at radius 1 is 1.00 bits per heavy atom. The molecule has 0 radical (unpaired) electrons. The summed E-state index contributed by atoms with van der Waals surface area (Å²) in [5.74, 6) is -2.54. The van der Waals surface area contributed by atoms with Crippen molar-refractivity contribution in [3.63, 3.8) is 0 Å². The summed E-state index contributed by atoms with van der Waals surface area (Å²) in [5.41, 5.74) is 0.340. The molecule has 0 bridgehead atoms. The van der Waals surface area contributed by atoms with E-state index in [1.165, 1.54) is 17.4 Å². The van der Waals surface area contributed by atoms with E-state index in [2.05, 4.69) is 72.7 Å². The highest BCUT2D eigenvalue weighted by atomic mass is 32.1. The van der Waals surface area contributed by atoms with Crippen molar-refractivity contribution in [3.8, 4) is 0 Å². The molecule has 12 heteroatoms. The van der Waals surface area contributed by atoms with Crippen LogP contribution < -0.4 is 0 Å². The molecule has 0 amide bonds. The Kier molecular flexibility index (Phi) is 16.5. The number of carbonyl (C=O) groups is 2. The van der Waals surface area contributed by atoms with Gasteiger partial charge in [0.2, 0.25) is 0 Å². The second-order valence-electron chi connectivity index (χ2n) is 17.3. The Morgan fingerprint density at radius 3 is 2.00 bits per heavy atom. The summed E-state index contributed by atoms with van der Waals surface area (Å²) in [6.07, 6.45) is 0.722. The molecule has 1 rings (SSSR count). The summed E-state index contributed by atoms with van der Waals surface area (Å²) in [6.45, 7) is 31.9. The normalized spacial score (nSPS) is 17.4. The molecule has 0 spiro atoms. The largest absolute Gasteiger partial charge is 0.481 e. The first-order valence-electron chi connectivity index (χ1n) is 17.4. The zero-order chi connectivity index (χ0) is 38.3. The van der Waals surface area contributed by atoms with Gasteiger partial charge in [0.1, 0.15) is 11.6 Å². The van der Waals surface area contributed by atoms with E-state index < -0.39 is 58.1 Å². The molecule has 5 atom stereocenters. The molecule has 49 heavy (non-hydrogen) atoms. The van der Waals surface area contributed by atoms with E-state index >= 15 is 0 Å². The number of hydrogen-bond acceptors (Lipinski definition) is 8. The predicted octanol–water partition coefficient (Wildman–Crippen LogP) is 9.60. The third-order valence-electron chi connectivity index (χ3n) is 10.5. The van der Waals surface area contributed by atoms with Gasteiger partial charge in [0.25, 0.3) is 0 Å². The quantitative estimate of drug-likeness (QED) is 0.135. The van der Waals surface area contributed by atoms with Crippen LogP contribution >= 0.6 is 11.3 Å². The minimum absolute atomic E-state index is 0.0996. The zero-order valence-electron chi connectivity index (χ0n) is 33.1. The average molecular weight is 744 g/mol. The second kappa shape index (κ2) is 17.8. The highest BCUT2D eigenvalue weighted by Gasteiger charge is 2.50. The van der Waals surface area contributed by atoms with E-state index in [4.69, 9.17) is 13.6 Å². The highest BCUT2D eigenvalue weighted by molar-refractivity contribution is 7.09. The van der Waals surface area contributed by atoms with Gasteiger partial charge in [-0.3, -0.25) is 9.59 Å². The second-order valence-corrected chi connectivity index (χ2v) is 27.8. The van der Waals surface area contributed by atoms with Gasteiger partial charge in [-0.25, -0.2) is 9.37 Å². The van der Waals surface area contributed by atoms with Crippen LogP contribution in [-0.4, -0.2) is 75.1 Å². The van der Waals surface area contributed by atoms with E-state index in [0.717, 1.165) is 10.7 Å². The van der Waals surface area contributed by atoms with Crippen molar-refractivity contribution in [3.05, 3.63) is 33.6 Å². The van der Waals surface area contributed by atoms with Gasteiger partial charge in [-0.05, 0) is 74.3 Å². The lowest BCUT2D eigenvalue weighted by atomic mass is 9.73. The van der Waals surface area contributed by atoms with Gasteiger partial charge in [-0.1, -0.05) is 69.2 Å². The fourth-order valence-electron chi connectivity index (χ4n) is 4.96. The van der Waals surface area contributed by atoms with Gasteiger partial charge in [-0.2, -0.15) is 0 Å². The summed E-state index contributed by atoms with van der Waals surface area (Å²) in [6, 6.07) is 0. The van der Waals surface area contributed by atoms with Crippen LogP contribution in [0.2, 0.25) is 36.3 Å². The molecule has 2 N–H and O–H groups in total. The molecule has 0 aliphatic carbocycles. The number of carboxylic acids is 1. The highest BCUT2D eigenvalue weighted by Crippen LogP contribution is 2.43. The molecule has 1 unspecified atom stereocenters. The fraction of sp³-hybridized carbons (Fsp3) is 0.757. The summed E-state index contributed by atoms with van der Waals surface area (Å²) >= 11 is 1.53. The minimum atomic E-state index is -2.43. The molecule has 8 nitrogen and oxygen atoms in total. The van der Waals surface area contributed by atoms with Crippen molar-refractivity contribution >= 4 is 45.8 Å². The Balaban J connectivity index is 3.20. The molecule has 0 aliphatic rings. The Labute approximate surface area is 302 Å². The monoisotopic (exact) mass is 743 g/mol. The van der Waals surface area contributed by atoms with Gasteiger partial charge < -0.3 is 23.8 Å². The lowest BCUT2D eigenvalue weighted by molar-refractivity contribution is -0.146. The maximum atomic E-state index is 14.8. The first-order valence-corrected chi connectivity index (χ1v) is 24.1. The van der Waals surface area contributed by atoms with Crippen LogP contribution in [0.4, 0.5) is 4.39 Å². The maximum Gasteiger partial charge on any atom is 0.305 e. The molecular weight excluding hydrogens is 678 g/mol. The number of aliphatic hydroxyl groups is 1. The molecular formula is C37H66FNO7SSi2. The third kappa shape index (κ3) is 13.5. The number of ketones is 1. The first kappa shape index (κ1) is 45.5. The van der Waals surface area contributed by atoms with E-state index in [-0.39, 0.29) is 47.8 Å². The van der Waals surface area contributed by atoms with E-state index in [1.807, 2.05) is 26.2 Å². The number of halogens is 1. The number of rotatable bonds is 19. The molecule has 0 saturated heterocycles. The molecule has 0 aromatic carbocycles. The predicted molar refractivity (Wildman–Crippen MR) is 205 cm³/mol. The van der Waals surface area contributed by atoms with Crippen LogP contribution in [-0.2, 0) is 23.2 Å². The summed E-state index contributed by atoms with van der Waals surface area (Å²) in [5, 5.41) is 22.9. The molecule has 0 fully saturated rings. The van der Waals surface area contributed by atoms with Crippen LogP contribution in [0.3, 0.4) is 0 Å². The van der Waals surface area contributed by atoms with Crippen LogP contribution in [0.25, 0.3) is 6.08 Å². The average Bonchev–Trinajstić information content (AvgIpc) is 3.35. The van der Waals surface area contributed by atoms with Gasteiger partial charge >= 0.3 is 5.97 Å². The van der Waals surface area contributed by atoms with Gasteiger partial charge in [-0.15, -0.1) is 11.3 Å². The zero-order valence-corrected chi connectivity index (χ0v) is 35.9. The Bertz CT molecular complexity index is 1310. The van der Waals surface area contributed by atoms with Crippen molar-refractivity contribution in [2.24, 2.45) is 17.3 Å². The van der Waals surface area contributed by atoms with Crippen LogP contribution in [0.1, 0.15) is 99.7 Å². The number of aliphatic carboxylic acids is 1. The number of carboxylic acid groups (broad SMARTS) is 1. The van der Waals surface area contributed by atoms with E-state index in [9.17, 15) is 24.2 Å². The third-order valence-corrected chi connectivity index (χ3v) is 20.2. The number of aromatic nitrogens is 1. The number of hydrogen-bond donors (Lipinski definition) is 2. The number of aliphatic hydroxyl groups excluding tert-OH is 1. The lowest BCUT2D eigenvalue weighted by Crippen LogP contribution is -2.54. The van der Waals surface area contributed by atoms with Crippen LogP contribution in [0.15, 0.2) is 22.9 Å². The van der Waals surface area contributed by atoms with Crippen LogP contribution in [0.5, 0.6) is 0 Å². The fourth-order valence-corrected chi connectivity index (χ4v) is 8.44. The smallest absolute Gasteiger partial charge is 0.305 e. The number of thiazole rings is 1. The number of nitrogens with zero attached hydrogens (tertiary/aromatic N) is 1. The van der Waals surface area contributed by atoms with Gasteiger partial charge in [0.15, 0.2) is 16.6 Å². The van der Waals surface area contributed by atoms with E-state index in [1.54, 1.807) is 26.8 Å². The molecule has 282 valence electrons. The Morgan fingerprint density at radius 2 is 1.53 bits per heavy atom. The summed E-state index contributed by atoms with van der Waals surface area (Å²) < 4.78 is 34.2. The van der Waals surface area contributed by atoms with Gasteiger partial charge in [0.05, 0.1) is 48.6 Å². The number of Topliss-reactive ketones (excluding diaryl/α,β-unsaturated/α-hetero) is 1. The number of carbonyl (C=O) groups excluding carboxylic acids is 1. The number of ether oxygens (including phenoxy) is 1. The SMILES string of the molecule is C/C(=C\c1csc(C)n1)C(O)C/C=C(/F)COC[C@H](C)[C@H](O[Si](C)(C)C(C)(C)C)[C@@H](C)C(=O)C(C)(C)[C@H](CC(=O)O)O[Si](C)(C)C(C)(C)C. The van der Waals surface area contributed by atoms with Crippen molar-refractivity contribution in [2.75, 3.05) is 13.2 Å². The molecule has 1 aromatic rings. The van der Waals surface area contributed by atoms with Crippen molar-refractivity contribution < 1.29 is 37.8 Å². The molecule has 1 heterocycles. The Hall–Kier alpha value is -1.55. The molecule has 0 saturated carbocycles. The first-order chi connectivity index (χ1) is 22.0.